The molecule has 1 N–H and O–H groups in total. The summed E-state index contributed by atoms with van der Waals surface area (Å²) < 4.78 is 6.91. The lowest BCUT2D eigenvalue weighted by Crippen LogP contribution is -2.52. The highest BCUT2D eigenvalue weighted by molar-refractivity contribution is 6.09. The molecule has 36 heavy (non-hydrogen) atoms. The number of nitrogens with one attached hydrogen (secondary N) is 1. The van der Waals surface area contributed by atoms with Gasteiger partial charge in [-0.3, -0.25) is 14.5 Å². The van der Waals surface area contributed by atoms with E-state index in [0.717, 1.165) is 16.3 Å². The van der Waals surface area contributed by atoms with Crippen molar-refractivity contribution in [2.24, 2.45) is 0 Å². The van der Waals surface area contributed by atoms with Crippen molar-refractivity contribution in [1.29, 1.82) is 0 Å². The van der Waals surface area contributed by atoms with Crippen LogP contribution in [0.3, 0.4) is 0 Å². The van der Waals surface area contributed by atoms with Crippen LogP contribution in [0.5, 0.6) is 5.75 Å². The summed E-state index contributed by atoms with van der Waals surface area (Å²) in [5.74, 6) is 0.0206. The summed E-state index contributed by atoms with van der Waals surface area (Å²) in [6, 6.07) is 14.2. The van der Waals surface area contributed by atoms with Crippen molar-refractivity contribution in [2.75, 3.05) is 44.7 Å². The first-order valence-electron chi connectivity index (χ1n) is 11.5. The molecule has 186 valence electrons. The quantitative estimate of drug-likeness (QED) is 0.503. The monoisotopic (exact) mass is 490 g/mol. The van der Waals surface area contributed by atoms with E-state index < -0.39 is 17.5 Å². The molecule has 2 aliphatic rings. The Labute approximate surface area is 207 Å². The van der Waals surface area contributed by atoms with Crippen LogP contribution in [0, 0.1) is 0 Å². The van der Waals surface area contributed by atoms with Crippen LogP contribution in [0.15, 0.2) is 54.9 Å². The predicted molar refractivity (Wildman–Crippen MR) is 129 cm³/mol. The maximum atomic E-state index is 13.4. The number of benzene rings is 2. The number of nitrogens with zero attached hydrogens (tertiary/aromatic N) is 7. The number of urea groups is 1. The minimum absolute atomic E-state index is 0.273. The minimum atomic E-state index is -1.32. The van der Waals surface area contributed by atoms with Gasteiger partial charge in [-0.2, -0.15) is 0 Å². The van der Waals surface area contributed by atoms with Crippen LogP contribution >= 0.6 is 0 Å². The Morgan fingerprint density at radius 1 is 1.08 bits per heavy atom. The van der Waals surface area contributed by atoms with E-state index in [4.69, 9.17) is 4.74 Å². The van der Waals surface area contributed by atoms with Gasteiger partial charge < -0.3 is 19.9 Å². The summed E-state index contributed by atoms with van der Waals surface area (Å²) >= 11 is 0. The van der Waals surface area contributed by atoms with Crippen molar-refractivity contribution in [3.05, 3.63) is 60.4 Å². The van der Waals surface area contributed by atoms with Gasteiger partial charge in [0.15, 0.2) is 0 Å². The van der Waals surface area contributed by atoms with Crippen LogP contribution in [0.1, 0.15) is 12.5 Å². The number of amides is 4. The van der Waals surface area contributed by atoms with Crippen LogP contribution in [-0.2, 0) is 15.1 Å². The number of imide groups is 1. The third-order valence-corrected chi connectivity index (χ3v) is 6.66. The van der Waals surface area contributed by atoms with Crippen LogP contribution in [0.2, 0.25) is 0 Å². The van der Waals surface area contributed by atoms with E-state index in [-0.39, 0.29) is 12.5 Å². The number of carbonyl (C=O) groups excluding carboxylic acids is 3. The molecule has 12 heteroatoms. The summed E-state index contributed by atoms with van der Waals surface area (Å²) in [5, 5.41) is 13.9. The van der Waals surface area contributed by atoms with E-state index >= 15 is 0 Å². The number of methoxy groups -OCH3 is 1. The Morgan fingerprint density at radius 3 is 2.58 bits per heavy atom. The van der Waals surface area contributed by atoms with Crippen molar-refractivity contribution >= 4 is 23.5 Å². The standard InChI is InChI=1S/C24H26N8O4/c1-24(17-6-5-7-18(14-17)32-16-25-27-28-32)22(34)31(23(35)26-24)15-21(33)30-12-10-29(11-13-30)19-8-3-4-9-20(19)36-2/h3-9,14,16H,10-13,15H2,1-2H3,(H,26,35). The Kier molecular flexibility index (Phi) is 6.00. The van der Waals surface area contributed by atoms with Gasteiger partial charge >= 0.3 is 6.03 Å². The molecule has 2 aromatic carbocycles. The van der Waals surface area contributed by atoms with Gasteiger partial charge in [0.1, 0.15) is 24.2 Å². The van der Waals surface area contributed by atoms with E-state index in [2.05, 4.69) is 25.7 Å². The minimum Gasteiger partial charge on any atom is -0.495 e. The summed E-state index contributed by atoms with van der Waals surface area (Å²) in [5.41, 5.74) is 0.863. The number of anilines is 1. The zero-order valence-corrected chi connectivity index (χ0v) is 20.0. The largest absolute Gasteiger partial charge is 0.495 e. The molecule has 5 rings (SSSR count). The highest BCUT2D eigenvalue weighted by Crippen LogP contribution is 2.31. The molecular formula is C24H26N8O4. The molecular weight excluding hydrogens is 464 g/mol. The molecule has 0 bridgehead atoms. The second-order valence-corrected chi connectivity index (χ2v) is 8.79. The zero-order chi connectivity index (χ0) is 25.3. The molecule has 2 saturated heterocycles. The molecule has 0 radical (unpaired) electrons. The Bertz CT molecular complexity index is 1290. The number of para-hydroxylation sites is 2. The SMILES string of the molecule is COc1ccccc1N1CCN(C(=O)CN2C(=O)NC(C)(c3cccc(-n4cnnn4)c3)C2=O)CC1. The van der Waals surface area contributed by atoms with Gasteiger partial charge in [0.2, 0.25) is 5.91 Å². The predicted octanol–water partition coefficient (Wildman–Crippen LogP) is 0.787. The topological polar surface area (TPSA) is 126 Å². The molecule has 1 aromatic heterocycles. The van der Waals surface area contributed by atoms with Gasteiger partial charge in [-0.1, -0.05) is 24.3 Å². The molecule has 2 aliphatic heterocycles. The van der Waals surface area contributed by atoms with Crippen molar-refractivity contribution in [3.8, 4) is 11.4 Å². The normalized spacial score (nSPS) is 20.0. The number of hydrogen-bond acceptors (Lipinski definition) is 8. The highest BCUT2D eigenvalue weighted by atomic mass is 16.5. The van der Waals surface area contributed by atoms with Gasteiger partial charge in [-0.25, -0.2) is 9.48 Å². The summed E-state index contributed by atoms with van der Waals surface area (Å²) in [6.07, 6.45) is 1.44. The van der Waals surface area contributed by atoms with Crippen LogP contribution < -0.4 is 15.0 Å². The van der Waals surface area contributed by atoms with Gasteiger partial charge in [-0.05, 0) is 47.2 Å². The van der Waals surface area contributed by atoms with Crippen LogP contribution in [0.4, 0.5) is 10.5 Å². The molecule has 0 spiro atoms. The molecule has 3 aromatic rings. The average Bonchev–Trinajstić information content (AvgIpc) is 3.53. The Hall–Kier alpha value is -4.48. The lowest BCUT2D eigenvalue weighted by molar-refractivity contribution is -0.139. The lowest BCUT2D eigenvalue weighted by Gasteiger charge is -2.37. The summed E-state index contributed by atoms with van der Waals surface area (Å²) in [4.78, 5) is 44.0. The maximum absolute atomic E-state index is 13.4. The van der Waals surface area contributed by atoms with E-state index in [9.17, 15) is 14.4 Å². The van der Waals surface area contributed by atoms with E-state index in [0.29, 0.717) is 37.4 Å². The smallest absolute Gasteiger partial charge is 0.325 e. The molecule has 1 atom stereocenters. The molecule has 1 unspecified atom stereocenters. The van der Waals surface area contributed by atoms with Gasteiger partial charge in [0.25, 0.3) is 5.91 Å². The second kappa shape index (κ2) is 9.29. The van der Waals surface area contributed by atoms with Crippen molar-refractivity contribution < 1.29 is 19.1 Å². The average molecular weight is 491 g/mol. The van der Waals surface area contributed by atoms with E-state index in [1.54, 1.807) is 43.2 Å². The van der Waals surface area contributed by atoms with Crippen LogP contribution in [-0.4, -0.2) is 87.7 Å². The number of aromatic nitrogens is 4. The first kappa shape index (κ1) is 23.3. The third-order valence-electron chi connectivity index (χ3n) is 6.66. The van der Waals surface area contributed by atoms with Gasteiger partial charge in [-0.15, -0.1) is 5.10 Å². The molecule has 12 nitrogen and oxygen atoms in total. The van der Waals surface area contributed by atoms with E-state index in [1.807, 2.05) is 24.3 Å². The fourth-order valence-corrected chi connectivity index (χ4v) is 4.60. The molecule has 4 amide bonds. The fourth-order valence-electron chi connectivity index (χ4n) is 4.60. The first-order chi connectivity index (χ1) is 17.4. The number of ether oxygens (including phenoxy) is 1. The number of piperazine rings is 1. The fraction of sp³-hybridized carbons (Fsp3) is 0.333. The number of tetrazole rings is 1. The molecule has 0 aliphatic carbocycles. The van der Waals surface area contributed by atoms with Gasteiger partial charge in [0, 0.05) is 26.2 Å². The molecule has 0 saturated carbocycles. The molecule has 3 heterocycles. The van der Waals surface area contributed by atoms with E-state index in [1.165, 1.54) is 11.0 Å². The second-order valence-electron chi connectivity index (χ2n) is 8.79. The molecule has 2 fully saturated rings. The lowest BCUT2D eigenvalue weighted by atomic mass is 9.91. The zero-order valence-electron chi connectivity index (χ0n) is 20.0. The van der Waals surface area contributed by atoms with Crippen LogP contribution in [0.25, 0.3) is 5.69 Å². The van der Waals surface area contributed by atoms with Crippen molar-refractivity contribution in [3.63, 3.8) is 0 Å². The third kappa shape index (κ3) is 4.10. The number of rotatable bonds is 6. The summed E-state index contributed by atoms with van der Waals surface area (Å²) in [6.45, 7) is 3.50. The van der Waals surface area contributed by atoms with Crippen molar-refractivity contribution in [2.45, 2.75) is 12.5 Å². The number of carbonyl (C=O) groups is 3. The maximum Gasteiger partial charge on any atom is 0.325 e. The first-order valence-corrected chi connectivity index (χ1v) is 11.5. The number of hydrogen-bond donors (Lipinski definition) is 1. The van der Waals surface area contributed by atoms with Gasteiger partial charge in [0.05, 0.1) is 18.5 Å². The Morgan fingerprint density at radius 2 is 1.86 bits per heavy atom. The van der Waals surface area contributed by atoms with Crippen molar-refractivity contribution in [1.82, 2.24) is 35.3 Å². The highest BCUT2D eigenvalue weighted by Gasteiger charge is 2.50. The summed E-state index contributed by atoms with van der Waals surface area (Å²) in [7, 11) is 1.63. The Balaban J connectivity index is 1.25.